The minimum absolute atomic E-state index is 0.353. The quantitative estimate of drug-likeness (QED) is 0.649. The maximum absolute atomic E-state index is 12.6. The first-order valence-electron chi connectivity index (χ1n) is 8.32. The van der Waals surface area contributed by atoms with Gasteiger partial charge in [-0.3, -0.25) is 10.1 Å². The zero-order chi connectivity index (χ0) is 19.9. The number of hydrogen-bond acceptors (Lipinski definition) is 7. The molecule has 0 fully saturated rings. The van der Waals surface area contributed by atoms with Crippen LogP contribution in [-0.4, -0.2) is 37.4 Å². The van der Waals surface area contributed by atoms with Crippen molar-refractivity contribution in [1.82, 2.24) is 10.2 Å². The van der Waals surface area contributed by atoms with Gasteiger partial charge in [0.1, 0.15) is 5.01 Å². The molecule has 8 heteroatoms. The molecule has 3 aromatic rings. The lowest BCUT2D eigenvalue weighted by Crippen LogP contribution is -2.12. The van der Waals surface area contributed by atoms with Crippen molar-refractivity contribution in [2.75, 3.05) is 26.6 Å². The van der Waals surface area contributed by atoms with Crippen LogP contribution in [0.25, 0.3) is 12.2 Å². The van der Waals surface area contributed by atoms with Crippen LogP contribution in [0, 0.1) is 0 Å². The third-order valence-electron chi connectivity index (χ3n) is 3.81. The zero-order valence-corrected chi connectivity index (χ0v) is 16.4. The summed E-state index contributed by atoms with van der Waals surface area (Å²) in [7, 11) is 4.50. The third kappa shape index (κ3) is 4.47. The molecule has 3 rings (SSSR count). The number of ether oxygens (including phenoxy) is 3. The Balaban J connectivity index is 1.75. The monoisotopic (exact) mass is 397 g/mol. The minimum atomic E-state index is -0.353. The fourth-order valence-electron chi connectivity index (χ4n) is 2.47. The van der Waals surface area contributed by atoms with Gasteiger partial charge in [-0.05, 0) is 23.8 Å². The van der Waals surface area contributed by atoms with Crippen molar-refractivity contribution in [3.05, 3.63) is 58.6 Å². The summed E-state index contributed by atoms with van der Waals surface area (Å²) in [6.45, 7) is 0. The Morgan fingerprint density at radius 3 is 2.25 bits per heavy atom. The molecule has 0 spiro atoms. The SMILES string of the molecule is COc1cc(C(=O)Nc2nnc(C=Cc3ccccc3)s2)cc(OC)c1OC. The highest BCUT2D eigenvalue weighted by Gasteiger charge is 2.18. The molecule has 1 heterocycles. The van der Waals surface area contributed by atoms with Crippen molar-refractivity contribution in [3.63, 3.8) is 0 Å². The van der Waals surface area contributed by atoms with E-state index in [9.17, 15) is 4.79 Å². The number of benzene rings is 2. The minimum Gasteiger partial charge on any atom is -0.493 e. The summed E-state index contributed by atoms with van der Waals surface area (Å²) in [5.74, 6) is 0.867. The van der Waals surface area contributed by atoms with Crippen molar-refractivity contribution in [2.45, 2.75) is 0 Å². The summed E-state index contributed by atoms with van der Waals surface area (Å²) in [4.78, 5) is 12.6. The van der Waals surface area contributed by atoms with Crippen molar-refractivity contribution in [2.24, 2.45) is 0 Å². The Morgan fingerprint density at radius 2 is 1.64 bits per heavy atom. The molecule has 0 aliphatic rings. The van der Waals surface area contributed by atoms with Gasteiger partial charge >= 0.3 is 0 Å². The van der Waals surface area contributed by atoms with Crippen LogP contribution in [0.15, 0.2) is 42.5 Å². The summed E-state index contributed by atoms with van der Waals surface area (Å²) in [6.07, 6.45) is 3.79. The van der Waals surface area contributed by atoms with Crippen molar-refractivity contribution < 1.29 is 19.0 Å². The predicted octanol–water partition coefficient (Wildman–Crippen LogP) is 3.99. The molecule has 1 amide bonds. The van der Waals surface area contributed by atoms with E-state index in [1.54, 1.807) is 12.1 Å². The fraction of sp³-hybridized carbons (Fsp3) is 0.150. The number of amides is 1. The van der Waals surface area contributed by atoms with Gasteiger partial charge < -0.3 is 14.2 Å². The van der Waals surface area contributed by atoms with E-state index in [0.717, 1.165) is 5.56 Å². The average molecular weight is 397 g/mol. The summed E-state index contributed by atoms with van der Waals surface area (Å²) < 4.78 is 15.8. The van der Waals surface area contributed by atoms with Crippen LogP contribution in [0.3, 0.4) is 0 Å². The summed E-state index contributed by atoms with van der Waals surface area (Å²) in [5.41, 5.74) is 1.41. The normalized spacial score (nSPS) is 10.7. The van der Waals surface area contributed by atoms with E-state index >= 15 is 0 Å². The van der Waals surface area contributed by atoms with Gasteiger partial charge in [-0.15, -0.1) is 10.2 Å². The van der Waals surface area contributed by atoms with Gasteiger partial charge in [-0.1, -0.05) is 47.7 Å². The zero-order valence-electron chi connectivity index (χ0n) is 15.6. The Hall–Kier alpha value is -3.39. The Kier molecular flexibility index (Phi) is 6.23. The van der Waals surface area contributed by atoms with E-state index < -0.39 is 0 Å². The molecule has 0 bridgehead atoms. The number of nitrogens with one attached hydrogen (secondary N) is 1. The number of anilines is 1. The van der Waals surface area contributed by atoms with Crippen molar-refractivity contribution in [3.8, 4) is 17.2 Å². The summed E-state index contributed by atoms with van der Waals surface area (Å²) >= 11 is 1.27. The molecule has 0 aliphatic carbocycles. The largest absolute Gasteiger partial charge is 0.493 e. The molecule has 7 nitrogen and oxygen atoms in total. The van der Waals surface area contributed by atoms with Crippen molar-refractivity contribution >= 4 is 34.5 Å². The summed E-state index contributed by atoms with van der Waals surface area (Å²) in [5, 5.41) is 11.9. The van der Waals surface area contributed by atoms with Crippen LogP contribution in [-0.2, 0) is 0 Å². The molecule has 0 saturated carbocycles. The molecule has 0 aliphatic heterocycles. The maximum Gasteiger partial charge on any atom is 0.257 e. The lowest BCUT2D eigenvalue weighted by atomic mass is 10.1. The van der Waals surface area contributed by atoms with E-state index in [2.05, 4.69) is 15.5 Å². The topological polar surface area (TPSA) is 82.6 Å². The highest BCUT2D eigenvalue weighted by molar-refractivity contribution is 7.16. The van der Waals surface area contributed by atoms with Gasteiger partial charge in [-0.2, -0.15) is 0 Å². The van der Waals surface area contributed by atoms with E-state index in [0.29, 0.717) is 33.0 Å². The Morgan fingerprint density at radius 1 is 0.964 bits per heavy atom. The average Bonchev–Trinajstić information content (AvgIpc) is 3.19. The molecule has 0 saturated heterocycles. The van der Waals surface area contributed by atoms with Gasteiger partial charge in [0, 0.05) is 5.56 Å². The third-order valence-corrected chi connectivity index (χ3v) is 4.61. The molecular weight excluding hydrogens is 378 g/mol. The number of hydrogen-bond donors (Lipinski definition) is 1. The van der Waals surface area contributed by atoms with E-state index in [4.69, 9.17) is 14.2 Å². The Bertz CT molecular complexity index is 961. The number of rotatable bonds is 7. The van der Waals surface area contributed by atoms with Gasteiger partial charge in [0.05, 0.1) is 21.3 Å². The molecule has 1 N–H and O–H groups in total. The molecule has 0 unspecified atom stereocenters. The van der Waals surface area contributed by atoms with Crippen LogP contribution in [0.1, 0.15) is 20.9 Å². The first-order chi connectivity index (χ1) is 13.6. The van der Waals surface area contributed by atoms with E-state index in [-0.39, 0.29) is 5.91 Å². The number of carbonyl (C=O) groups is 1. The van der Waals surface area contributed by atoms with Crippen LogP contribution >= 0.6 is 11.3 Å². The maximum atomic E-state index is 12.6. The fourth-order valence-corrected chi connectivity index (χ4v) is 3.11. The number of nitrogens with zero attached hydrogens (tertiary/aromatic N) is 2. The van der Waals surface area contributed by atoms with Gasteiger partial charge in [0.2, 0.25) is 10.9 Å². The first kappa shape index (κ1) is 19.4. The van der Waals surface area contributed by atoms with Crippen LogP contribution < -0.4 is 19.5 Å². The van der Waals surface area contributed by atoms with E-state index in [1.165, 1.54) is 32.7 Å². The van der Waals surface area contributed by atoms with Crippen molar-refractivity contribution in [1.29, 1.82) is 0 Å². The second-order valence-electron chi connectivity index (χ2n) is 5.56. The molecule has 0 atom stereocenters. The van der Waals surface area contributed by atoms with Crippen LogP contribution in [0.2, 0.25) is 0 Å². The summed E-state index contributed by atoms with van der Waals surface area (Å²) in [6, 6.07) is 13.0. The second kappa shape index (κ2) is 9.01. The second-order valence-corrected chi connectivity index (χ2v) is 6.57. The first-order valence-corrected chi connectivity index (χ1v) is 9.14. The number of carbonyl (C=O) groups excluding carboxylic acids is 1. The molecule has 28 heavy (non-hydrogen) atoms. The van der Waals surface area contributed by atoms with Crippen LogP contribution in [0.5, 0.6) is 17.2 Å². The van der Waals surface area contributed by atoms with E-state index in [1.807, 2.05) is 42.5 Å². The Labute approximate surface area is 166 Å². The van der Waals surface area contributed by atoms with Crippen LogP contribution in [0.4, 0.5) is 5.13 Å². The lowest BCUT2D eigenvalue weighted by molar-refractivity contribution is 0.102. The molecule has 2 aromatic carbocycles. The molecule has 144 valence electrons. The van der Waals surface area contributed by atoms with Gasteiger partial charge in [0.15, 0.2) is 11.5 Å². The lowest BCUT2D eigenvalue weighted by Gasteiger charge is -2.13. The van der Waals surface area contributed by atoms with Gasteiger partial charge in [0.25, 0.3) is 5.91 Å². The van der Waals surface area contributed by atoms with Gasteiger partial charge in [-0.25, -0.2) is 0 Å². The molecule has 0 radical (unpaired) electrons. The smallest absolute Gasteiger partial charge is 0.257 e. The molecular formula is C20H19N3O4S. The highest BCUT2D eigenvalue weighted by Crippen LogP contribution is 2.38. The standard InChI is InChI=1S/C20H19N3O4S/c1-25-15-11-14(12-16(26-2)18(15)27-3)19(24)21-20-23-22-17(28-20)10-9-13-7-5-4-6-8-13/h4-12H,1-3H3,(H,21,23,24). The highest BCUT2D eigenvalue weighted by atomic mass is 32.1. The predicted molar refractivity (Wildman–Crippen MR) is 109 cm³/mol. The molecule has 1 aromatic heterocycles. The number of methoxy groups -OCH3 is 3. The number of aromatic nitrogens is 2.